The van der Waals surface area contributed by atoms with Gasteiger partial charge in [-0.2, -0.15) is 0 Å². The van der Waals surface area contributed by atoms with Gasteiger partial charge in [0.2, 0.25) is 0 Å². The van der Waals surface area contributed by atoms with E-state index in [1.54, 1.807) is 0 Å². The standard InChI is InChI=1S/C17H15NO2/c1-12-7-9-14(10-8-12)16-15(17(19)20-18-16)11-13-5-3-2-4-6-13/h2-10,15H,11H2,1H3. The van der Waals surface area contributed by atoms with E-state index < -0.39 is 0 Å². The highest BCUT2D eigenvalue weighted by atomic mass is 16.7. The molecule has 1 heterocycles. The molecule has 0 N–H and O–H groups in total. The summed E-state index contributed by atoms with van der Waals surface area (Å²) >= 11 is 0. The molecule has 20 heavy (non-hydrogen) atoms. The van der Waals surface area contributed by atoms with Crippen molar-refractivity contribution in [2.75, 3.05) is 0 Å². The number of carbonyl (C=O) groups is 1. The Morgan fingerprint density at radius 1 is 1.05 bits per heavy atom. The van der Waals surface area contributed by atoms with Crippen molar-refractivity contribution >= 4 is 11.7 Å². The molecule has 1 atom stereocenters. The second-order valence-corrected chi connectivity index (χ2v) is 5.00. The number of hydrogen-bond donors (Lipinski definition) is 0. The summed E-state index contributed by atoms with van der Waals surface area (Å²) in [5.74, 6) is -0.593. The number of carbonyl (C=O) groups excluding carboxylic acids is 1. The highest BCUT2D eigenvalue weighted by Gasteiger charge is 2.33. The summed E-state index contributed by atoms with van der Waals surface area (Å²) in [7, 11) is 0. The quantitative estimate of drug-likeness (QED) is 0.800. The van der Waals surface area contributed by atoms with Crippen LogP contribution in [0.4, 0.5) is 0 Å². The maximum absolute atomic E-state index is 11.9. The van der Waals surface area contributed by atoms with Crippen LogP contribution >= 0.6 is 0 Å². The summed E-state index contributed by atoms with van der Waals surface area (Å²) < 4.78 is 0. The van der Waals surface area contributed by atoms with Gasteiger partial charge in [-0.1, -0.05) is 65.3 Å². The third-order valence-electron chi connectivity index (χ3n) is 3.48. The van der Waals surface area contributed by atoms with Crippen molar-refractivity contribution in [1.82, 2.24) is 0 Å². The Balaban J connectivity index is 1.87. The molecular weight excluding hydrogens is 250 g/mol. The van der Waals surface area contributed by atoms with E-state index in [0.29, 0.717) is 6.42 Å². The van der Waals surface area contributed by atoms with Crippen LogP contribution in [0.15, 0.2) is 59.8 Å². The van der Waals surface area contributed by atoms with Gasteiger partial charge in [0, 0.05) is 5.56 Å². The number of hydrogen-bond acceptors (Lipinski definition) is 3. The van der Waals surface area contributed by atoms with Gasteiger partial charge < -0.3 is 4.84 Å². The molecule has 0 saturated heterocycles. The first-order valence-corrected chi connectivity index (χ1v) is 6.64. The Morgan fingerprint density at radius 2 is 1.75 bits per heavy atom. The first-order valence-electron chi connectivity index (χ1n) is 6.64. The molecule has 2 aromatic carbocycles. The lowest BCUT2D eigenvalue weighted by atomic mass is 9.91. The fraction of sp³-hybridized carbons (Fsp3) is 0.176. The fourth-order valence-electron chi connectivity index (χ4n) is 2.34. The molecule has 3 nitrogen and oxygen atoms in total. The van der Waals surface area contributed by atoms with Crippen LogP contribution in [0, 0.1) is 12.8 Å². The maximum Gasteiger partial charge on any atom is 0.344 e. The Bertz CT molecular complexity index is 644. The highest BCUT2D eigenvalue weighted by molar-refractivity contribution is 6.14. The van der Waals surface area contributed by atoms with Crippen molar-refractivity contribution in [3.63, 3.8) is 0 Å². The van der Waals surface area contributed by atoms with E-state index in [1.807, 2.05) is 61.5 Å². The van der Waals surface area contributed by atoms with Crippen molar-refractivity contribution in [2.45, 2.75) is 13.3 Å². The van der Waals surface area contributed by atoms with Gasteiger partial charge in [0.1, 0.15) is 11.6 Å². The van der Waals surface area contributed by atoms with Crippen LogP contribution in [0.3, 0.4) is 0 Å². The van der Waals surface area contributed by atoms with Crippen molar-refractivity contribution < 1.29 is 9.63 Å². The molecule has 0 radical (unpaired) electrons. The molecule has 1 aliphatic heterocycles. The van der Waals surface area contributed by atoms with Crippen molar-refractivity contribution in [3.05, 3.63) is 71.3 Å². The molecule has 0 fully saturated rings. The molecule has 1 aliphatic rings. The van der Waals surface area contributed by atoms with E-state index in [0.717, 1.165) is 16.8 Å². The predicted octanol–water partition coefficient (Wildman–Crippen LogP) is 3.11. The Hall–Kier alpha value is -2.42. The Kier molecular flexibility index (Phi) is 3.33. The topological polar surface area (TPSA) is 38.7 Å². The van der Waals surface area contributed by atoms with Crippen LogP contribution < -0.4 is 0 Å². The van der Waals surface area contributed by atoms with E-state index in [-0.39, 0.29) is 11.9 Å². The number of nitrogens with zero attached hydrogens (tertiary/aromatic N) is 1. The zero-order valence-electron chi connectivity index (χ0n) is 11.2. The molecule has 3 rings (SSSR count). The highest BCUT2D eigenvalue weighted by Crippen LogP contribution is 2.22. The Labute approximate surface area is 117 Å². The molecule has 0 saturated carbocycles. The average molecular weight is 265 g/mol. The summed E-state index contributed by atoms with van der Waals surface area (Å²) in [6, 6.07) is 17.9. The zero-order chi connectivity index (χ0) is 13.9. The van der Waals surface area contributed by atoms with E-state index in [2.05, 4.69) is 5.16 Å². The predicted molar refractivity (Wildman–Crippen MR) is 77.4 cm³/mol. The molecule has 0 amide bonds. The first kappa shape index (κ1) is 12.6. The summed E-state index contributed by atoms with van der Waals surface area (Å²) in [5, 5.41) is 3.96. The van der Waals surface area contributed by atoms with Crippen LogP contribution in [-0.2, 0) is 16.1 Å². The third-order valence-corrected chi connectivity index (χ3v) is 3.48. The monoisotopic (exact) mass is 265 g/mol. The maximum atomic E-state index is 11.9. The van der Waals surface area contributed by atoms with Crippen LogP contribution in [0.5, 0.6) is 0 Å². The normalized spacial score (nSPS) is 17.8. The summed E-state index contributed by atoms with van der Waals surface area (Å²) in [6.45, 7) is 2.03. The number of rotatable bonds is 3. The number of oxime groups is 1. The zero-order valence-corrected chi connectivity index (χ0v) is 11.2. The molecule has 1 unspecified atom stereocenters. The lowest BCUT2D eigenvalue weighted by Crippen LogP contribution is -2.21. The molecule has 0 spiro atoms. The molecular formula is C17H15NO2. The van der Waals surface area contributed by atoms with Crippen molar-refractivity contribution in [3.8, 4) is 0 Å². The summed E-state index contributed by atoms with van der Waals surface area (Å²) in [6.07, 6.45) is 0.617. The Morgan fingerprint density at radius 3 is 2.45 bits per heavy atom. The third kappa shape index (κ3) is 2.48. The van der Waals surface area contributed by atoms with Crippen LogP contribution in [-0.4, -0.2) is 11.7 Å². The number of aryl methyl sites for hydroxylation is 1. The average Bonchev–Trinajstić information content (AvgIpc) is 2.83. The van der Waals surface area contributed by atoms with Gasteiger partial charge in [0.05, 0.1) is 0 Å². The second-order valence-electron chi connectivity index (χ2n) is 5.00. The van der Waals surface area contributed by atoms with Gasteiger partial charge in [-0.05, 0) is 18.9 Å². The van der Waals surface area contributed by atoms with Gasteiger partial charge in [0.25, 0.3) is 0 Å². The minimum atomic E-state index is -0.319. The fourth-order valence-corrected chi connectivity index (χ4v) is 2.34. The molecule has 0 bridgehead atoms. The first-order chi connectivity index (χ1) is 9.74. The van der Waals surface area contributed by atoms with Gasteiger partial charge in [-0.3, -0.25) is 0 Å². The largest absolute Gasteiger partial charge is 0.344 e. The minimum absolute atomic E-state index is 0.274. The molecule has 0 aliphatic carbocycles. The van der Waals surface area contributed by atoms with Crippen molar-refractivity contribution in [1.29, 1.82) is 0 Å². The lowest BCUT2D eigenvalue weighted by molar-refractivity contribution is -0.143. The van der Waals surface area contributed by atoms with Crippen LogP contribution in [0.1, 0.15) is 16.7 Å². The van der Waals surface area contributed by atoms with Gasteiger partial charge in [-0.15, -0.1) is 0 Å². The lowest BCUT2D eigenvalue weighted by Gasteiger charge is -2.09. The number of benzene rings is 2. The van der Waals surface area contributed by atoms with Crippen LogP contribution in [0.2, 0.25) is 0 Å². The summed E-state index contributed by atoms with van der Waals surface area (Å²) in [4.78, 5) is 16.8. The molecule has 3 heteroatoms. The summed E-state index contributed by atoms with van der Waals surface area (Å²) in [5.41, 5.74) is 3.96. The molecule has 2 aromatic rings. The minimum Gasteiger partial charge on any atom is -0.317 e. The van der Waals surface area contributed by atoms with Gasteiger partial charge in [0.15, 0.2) is 0 Å². The van der Waals surface area contributed by atoms with Crippen molar-refractivity contribution in [2.24, 2.45) is 11.1 Å². The van der Waals surface area contributed by atoms with E-state index in [9.17, 15) is 4.79 Å². The van der Waals surface area contributed by atoms with E-state index in [1.165, 1.54) is 5.56 Å². The van der Waals surface area contributed by atoms with Gasteiger partial charge >= 0.3 is 5.97 Å². The second kappa shape index (κ2) is 5.29. The van der Waals surface area contributed by atoms with Gasteiger partial charge in [-0.25, -0.2) is 4.79 Å². The molecule has 0 aromatic heterocycles. The smallest absolute Gasteiger partial charge is 0.317 e. The SMILES string of the molecule is Cc1ccc(C2=NOC(=O)C2Cc2ccccc2)cc1. The molecule has 100 valence electrons. The van der Waals surface area contributed by atoms with Crippen LogP contribution in [0.25, 0.3) is 0 Å². The van der Waals surface area contributed by atoms with E-state index in [4.69, 9.17) is 4.84 Å². The van der Waals surface area contributed by atoms with E-state index >= 15 is 0 Å².